The predicted molar refractivity (Wildman–Crippen MR) is 395 cm³/mol. The Morgan fingerprint density at radius 1 is 0.340 bits per heavy atom. The third-order valence-electron chi connectivity index (χ3n) is 17.9. The average Bonchev–Trinajstić information content (AvgIpc) is 1.51. The van der Waals surface area contributed by atoms with Gasteiger partial charge < -0.3 is 33.8 Å². The summed E-state index contributed by atoms with van der Waals surface area (Å²) >= 11 is 0. The predicted octanol–water partition coefficient (Wildman–Crippen LogP) is 22.5. The Hall–Kier alpha value is -2.46. The van der Waals surface area contributed by atoms with Gasteiger partial charge in [-0.05, 0) is 69.1 Å². The molecule has 0 bridgehead atoms. The Labute approximate surface area is 592 Å². The SMILES string of the molecule is CCCCCC/C=C\C=C/CCCCCCCC(=O)O[C@H](COC(=O)CCCCCCCCC(C)C)COP(=O)(O)OC[C@H](O)COP(=O)(O)OC[C@@H](COC(=O)CCCCCCCCCCCCCCCCC(C)CC)OC(=O)CCCCCCCCCCCCCCC(C)C. The smallest absolute Gasteiger partial charge is 0.462 e. The van der Waals surface area contributed by atoms with Gasteiger partial charge in [-0.25, -0.2) is 9.13 Å². The maximum Gasteiger partial charge on any atom is 0.472 e. The van der Waals surface area contributed by atoms with Gasteiger partial charge in [-0.1, -0.05) is 323 Å². The number of esters is 4. The fourth-order valence-electron chi connectivity index (χ4n) is 11.4. The first kappa shape index (κ1) is 94.5. The standard InChI is InChI=1S/C78H148O17P2/c1-8-10-11-12-13-14-15-16-17-22-28-33-38-47-54-61-78(83)95-74(66-89-76(81)60-53-46-41-40-43-50-57-70(5)6)68-93-97(86,87)91-64-72(79)63-90-96(84,85)92-67-73(94-77(82)62-55-48-39-34-29-24-23-25-30-35-42-49-56-69(3)4)65-88-75(80)59-52-45-37-32-27-21-19-18-20-26-31-36-44-51-58-71(7)9-2/h14-17,69-74,79H,8-13,18-68H2,1-7H3,(H,84,85)(H,86,87)/b15-14-,17-16-/t71?,72-,73-,74-/m1/s1. The van der Waals surface area contributed by atoms with E-state index in [4.69, 9.17) is 37.0 Å². The average molecular weight is 1420 g/mol. The third kappa shape index (κ3) is 70.4. The van der Waals surface area contributed by atoms with Crippen LogP contribution in [0.3, 0.4) is 0 Å². The molecule has 3 unspecified atom stereocenters. The zero-order chi connectivity index (χ0) is 71.6. The Kier molecular flexibility index (Phi) is 66.3. The fraction of sp³-hybridized carbons (Fsp3) is 0.897. The van der Waals surface area contributed by atoms with Crippen molar-refractivity contribution < 1.29 is 80.2 Å². The summed E-state index contributed by atoms with van der Waals surface area (Å²) in [6, 6.07) is 0. The second-order valence-electron chi connectivity index (χ2n) is 28.6. The molecule has 97 heavy (non-hydrogen) atoms. The first-order valence-electron chi connectivity index (χ1n) is 39.7. The van der Waals surface area contributed by atoms with Crippen LogP contribution in [0.5, 0.6) is 0 Å². The number of allylic oxidation sites excluding steroid dienone is 4. The van der Waals surface area contributed by atoms with Gasteiger partial charge >= 0.3 is 39.5 Å². The Bertz CT molecular complexity index is 1980. The summed E-state index contributed by atoms with van der Waals surface area (Å²) in [7, 11) is -9.93. The molecule has 19 heteroatoms. The van der Waals surface area contributed by atoms with E-state index in [0.29, 0.717) is 31.6 Å². The van der Waals surface area contributed by atoms with Crippen molar-refractivity contribution in [3.63, 3.8) is 0 Å². The van der Waals surface area contributed by atoms with E-state index in [1.165, 1.54) is 167 Å². The van der Waals surface area contributed by atoms with E-state index in [2.05, 4.69) is 72.8 Å². The van der Waals surface area contributed by atoms with Crippen LogP contribution in [0.4, 0.5) is 0 Å². The van der Waals surface area contributed by atoms with Crippen LogP contribution in [-0.4, -0.2) is 96.7 Å². The minimum Gasteiger partial charge on any atom is -0.462 e. The molecular weight excluding hydrogens is 1270 g/mol. The number of phosphoric ester groups is 2. The molecule has 0 radical (unpaired) electrons. The van der Waals surface area contributed by atoms with Crippen molar-refractivity contribution in [2.75, 3.05) is 39.6 Å². The number of aliphatic hydroxyl groups excluding tert-OH is 1. The van der Waals surface area contributed by atoms with E-state index in [0.717, 1.165) is 121 Å². The van der Waals surface area contributed by atoms with Gasteiger partial charge in [0.1, 0.15) is 19.3 Å². The van der Waals surface area contributed by atoms with E-state index in [1.54, 1.807) is 0 Å². The molecule has 3 N–H and O–H groups in total. The highest BCUT2D eigenvalue weighted by atomic mass is 31.2. The monoisotopic (exact) mass is 1420 g/mol. The second kappa shape index (κ2) is 68.0. The molecule has 0 aliphatic carbocycles. The number of unbranched alkanes of at least 4 members (excludes halogenated alkanes) is 38. The largest absolute Gasteiger partial charge is 0.472 e. The Morgan fingerprint density at radius 3 is 0.918 bits per heavy atom. The molecule has 0 saturated carbocycles. The normalized spacial score (nSPS) is 14.5. The zero-order valence-corrected chi connectivity index (χ0v) is 64.8. The lowest BCUT2D eigenvalue weighted by atomic mass is 9.99. The third-order valence-corrected chi connectivity index (χ3v) is 19.8. The van der Waals surface area contributed by atoms with Crippen molar-refractivity contribution >= 4 is 39.5 Å². The highest BCUT2D eigenvalue weighted by Gasteiger charge is 2.30. The number of hydrogen-bond acceptors (Lipinski definition) is 15. The van der Waals surface area contributed by atoms with Crippen molar-refractivity contribution in [1.29, 1.82) is 0 Å². The molecule has 0 amide bonds. The van der Waals surface area contributed by atoms with Gasteiger partial charge in [0.05, 0.1) is 26.4 Å². The van der Waals surface area contributed by atoms with Crippen molar-refractivity contribution in [1.82, 2.24) is 0 Å². The number of ether oxygens (including phenoxy) is 4. The zero-order valence-electron chi connectivity index (χ0n) is 63.0. The molecule has 17 nitrogen and oxygen atoms in total. The minimum absolute atomic E-state index is 0.0838. The van der Waals surface area contributed by atoms with Crippen molar-refractivity contribution in [2.45, 2.75) is 394 Å². The van der Waals surface area contributed by atoms with Crippen LogP contribution in [-0.2, 0) is 65.4 Å². The van der Waals surface area contributed by atoms with Gasteiger partial charge in [0.25, 0.3) is 0 Å². The van der Waals surface area contributed by atoms with E-state index in [9.17, 15) is 43.2 Å². The molecule has 0 aromatic carbocycles. The van der Waals surface area contributed by atoms with Gasteiger partial charge in [-0.15, -0.1) is 0 Å². The van der Waals surface area contributed by atoms with Crippen LogP contribution in [0, 0.1) is 17.8 Å². The molecule has 0 aliphatic heterocycles. The van der Waals surface area contributed by atoms with Gasteiger partial charge in [0.2, 0.25) is 0 Å². The van der Waals surface area contributed by atoms with Crippen molar-refractivity contribution in [2.24, 2.45) is 17.8 Å². The maximum absolute atomic E-state index is 13.1. The summed E-state index contributed by atoms with van der Waals surface area (Å²) in [5.74, 6) is 0.152. The molecule has 0 fully saturated rings. The van der Waals surface area contributed by atoms with E-state index < -0.39 is 97.5 Å². The van der Waals surface area contributed by atoms with E-state index in [-0.39, 0.29) is 25.7 Å². The summed E-state index contributed by atoms with van der Waals surface area (Å²) in [5, 5.41) is 10.6. The number of phosphoric acid groups is 2. The Balaban J connectivity index is 5.26. The number of carbonyl (C=O) groups excluding carboxylic acids is 4. The van der Waals surface area contributed by atoms with Crippen LogP contribution < -0.4 is 0 Å². The highest BCUT2D eigenvalue weighted by Crippen LogP contribution is 2.45. The number of aliphatic hydroxyl groups is 1. The van der Waals surface area contributed by atoms with Crippen LogP contribution >= 0.6 is 15.6 Å². The Morgan fingerprint density at radius 2 is 0.608 bits per heavy atom. The molecule has 0 aliphatic rings. The molecule has 0 heterocycles. The number of hydrogen-bond donors (Lipinski definition) is 3. The maximum atomic E-state index is 13.1. The highest BCUT2D eigenvalue weighted by molar-refractivity contribution is 7.47. The minimum atomic E-state index is -4.96. The molecule has 572 valence electrons. The molecule has 0 rings (SSSR count). The number of rotatable bonds is 74. The second-order valence-corrected chi connectivity index (χ2v) is 31.5. The molecule has 0 aromatic heterocycles. The lowest BCUT2D eigenvalue weighted by Gasteiger charge is -2.21. The quantitative estimate of drug-likeness (QED) is 0.0169. The summed E-state index contributed by atoms with van der Waals surface area (Å²) < 4.78 is 68.5. The van der Waals surface area contributed by atoms with Gasteiger partial charge in [0.15, 0.2) is 12.2 Å². The molecule has 0 aromatic rings. The van der Waals surface area contributed by atoms with Crippen LogP contribution in [0.2, 0.25) is 0 Å². The van der Waals surface area contributed by atoms with Crippen LogP contribution in [0.1, 0.15) is 376 Å². The van der Waals surface area contributed by atoms with Gasteiger partial charge in [-0.2, -0.15) is 0 Å². The first-order chi connectivity index (χ1) is 46.8. The summed E-state index contributed by atoms with van der Waals surface area (Å²) in [4.78, 5) is 72.8. The summed E-state index contributed by atoms with van der Waals surface area (Å²) in [6.45, 7) is 11.8. The molecule has 0 saturated heterocycles. The summed E-state index contributed by atoms with van der Waals surface area (Å²) in [5.41, 5.74) is 0. The molecule has 6 atom stereocenters. The summed E-state index contributed by atoms with van der Waals surface area (Å²) in [6.07, 6.45) is 57.8. The van der Waals surface area contributed by atoms with Crippen LogP contribution in [0.25, 0.3) is 0 Å². The van der Waals surface area contributed by atoms with Crippen molar-refractivity contribution in [3.05, 3.63) is 24.3 Å². The van der Waals surface area contributed by atoms with Crippen molar-refractivity contribution in [3.8, 4) is 0 Å². The lowest BCUT2D eigenvalue weighted by Crippen LogP contribution is -2.30. The van der Waals surface area contributed by atoms with E-state index >= 15 is 0 Å². The van der Waals surface area contributed by atoms with E-state index in [1.807, 2.05) is 0 Å². The fourth-order valence-corrected chi connectivity index (χ4v) is 13.0. The number of carbonyl (C=O) groups is 4. The first-order valence-corrected chi connectivity index (χ1v) is 42.7. The molecule has 0 spiro atoms. The lowest BCUT2D eigenvalue weighted by molar-refractivity contribution is -0.161. The topological polar surface area (TPSA) is 237 Å². The van der Waals surface area contributed by atoms with Crippen LogP contribution in [0.15, 0.2) is 24.3 Å². The van der Waals surface area contributed by atoms with Gasteiger partial charge in [0, 0.05) is 25.7 Å². The van der Waals surface area contributed by atoms with Gasteiger partial charge in [-0.3, -0.25) is 37.3 Å². The molecular formula is C78H148O17P2.